The first-order valence-corrected chi connectivity index (χ1v) is 13.1. The molecule has 2 aliphatic rings. The van der Waals surface area contributed by atoms with Gasteiger partial charge in [-0.25, -0.2) is 0 Å². The standard InChI is InChI=1S/C29H41ClN4O2/c1-21(11-24(9-10-35)22(2)17-32(3)4)16-34-19-29(20-34)13-23(14-29)12-25-7-8-28(30)27(18-36)26(25)15-31-33(5)6/h7-10,15,17-18,21,23H,11-14,16,19-20H2,1-6H3/b22-17-,24-9-,31-15-. The van der Waals surface area contributed by atoms with Crippen LogP contribution in [0.4, 0.5) is 0 Å². The third kappa shape index (κ3) is 7.07. The van der Waals surface area contributed by atoms with Crippen molar-refractivity contribution in [2.45, 2.75) is 39.5 Å². The lowest BCUT2D eigenvalue weighted by Gasteiger charge is -2.60. The summed E-state index contributed by atoms with van der Waals surface area (Å²) in [6, 6.07) is 3.88. The maximum Gasteiger partial charge on any atom is 0.152 e. The number of allylic oxidation sites excluding steroid dienone is 3. The van der Waals surface area contributed by atoms with E-state index in [1.54, 1.807) is 17.3 Å². The normalized spacial score (nSPS) is 19.2. The Morgan fingerprint density at radius 3 is 2.47 bits per heavy atom. The molecule has 3 rings (SSSR count). The van der Waals surface area contributed by atoms with E-state index in [-0.39, 0.29) is 0 Å². The van der Waals surface area contributed by atoms with E-state index in [1.165, 1.54) is 12.8 Å². The number of nitrogens with zero attached hydrogens (tertiary/aromatic N) is 4. The molecule has 7 heteroatoms. The number of aldehydes is 2. The Bertz CT molecular complexity index is 1030. The minimum absolute atomic E-state index is 0.449. The molecule has 0 amide bonds. The van der Waals surface area contributed by atoms with Crippen LogP contribution in [0.1, 0.15) is 54.6 Å². The second-order valence-electron chi connectivity index (χ2n) is 11.3. The first-order chi connectivity index (χ1) is 17.1. The third-order valence-electron chi connectivity index (χ3n) is 7.30. The molecule has 2 fully saturated rings. The minimum atomic E-state index is 0.449. The highest BCUT2D eigenvalue weighted by atomic mass is 35.5. The van der Waals surface area contributed by atoms with E-state index >= 15 is 0 Å². The van der Waals surface area contributed by atoms with Crippen molar-refractivity contribution in [3.63, 3.8) is 0 Å². The smallest absolute Gasteiger partial charge is 0.152 e. The summed E-state index contributed by atoms with van der Waals surface area (Å²) in [5.41, 5.74) is 5.23. The second kappa shape index (κ2) is 12.2. The molecule has 1 aliphatic heterocycles. The molecule has 1 aliphatic carbocycles. The molecule has 1 saturated heterocycles. The molecular weight excluding hydrogens is 472 g/mol. The van der Waals surface area contributed by atoms with Gasteiger partial charge < -0.3 is 14.8 Å². The van der Waals surface area contributed by atoms with E-state index in [1.807, 2.05) is 45.2 Å². The summed E-state index contributed by atoms with van der Waals surface area (Å²) < 4.78 is 0. The van der Waals surface area contributed by atoms with Gasteiger partial charge in [-0.2, -0.15) is 5.10 Å². The fourth-order valence-corrected chi connectivity index (χ4v) is 6.19. The summed E-state index contributed by atoms with van der Waals surface area (Å²) in [4.78, 5) is 27.4. The number of rotatable bonds is 12. The molecule has 1 aromatic carbocycles. The van der Waals surface area contributed by atoms with Crippen LogP contribution >= 0.6 is 11.6 Å². The highest BCUT2D eigenvalue weighted by Gasteiger charge is 2.51. The van der Waals surface area contributed by atoms with Gasteiger partial charge >= 0.3 is 0 Å². The van der Waals surface area contributed by atoms with Gasteiger partial charge in [-0.1, -0.05) is 24.6 Å². The van der Waals surface area contributed by atoms with Crippen LogP contribution in [-0.4, -0.2) is 81.4 Å². The first-order valence-electron chi connectivity index (χ1n) is 12.8. The van der Waals surface area contributed by atoms with Crippen LogP contribution in [0.25, 0.3) is 0 Å². The molecule has 1 saturated carbocycles. The van der Waals surface area contributed by atoms with Crippen LogP contribution in [0, 0.1) is 17.3 Å². The molecule has 1 heterocycles. The molecule has 196 valence electrons. The second-order valence-corrected chi connectivity index (χ2v) is 11.7. The van der Waals surface area contributed by atoms with Crippen molar-refractivity contribution < 1.29 is 9.59 Å². The number of hydrogen-bond acceptors (Lipinski definition) is 6. The molecular formula is C29H41ClN4O2. The lowest BCUT2D eigenvalue weighted by atomic mass is 9.56. The monoisotopic (exact) mass is 512 g/mol. The molecule has 6 nitrogen and oxygen atoms in total. The van der Waals surface area contributed by atoms with E-state index in [4.69, 9.17) is 11.6 Å². The molecule has 1 atom stereocenters. The van der Waals surface area contributed by atoms with E-state index in [0.29, 0.717) is 27.8 Å². The topological polar surface area (TPSA) is 56.2 Å². The molecule has 0 radical (unpaired) electrons. The van der Waals surface area contributed by atoms with Crippen molar-refractivity contribution >= 4 is 30.4 Å². The van der Waals surface area contributed by atoms with Gasteiger partial charge in [0, 0.05) is 65.2 Å². The molecule has 1 unspecified atom stereocenters. The quantitative estimate of drug-likeness (QED) is 0.131. The maximum absolute atomic E-state index is 11.7. The molecule has 0 bridgehead atoms. The van der Waals surface area contributed by atoms with Gasteiger partial charge in [0.2, 0.25) is 0 Å². The summed E-state index contributed by atoms with van der Waals surface area (Å²) in [6.07, 6.45) is 11.6. The number of hydrazone groups is 1. The van der Waals surface area contributed by atoms with Crippen molar-refractivity contribution in [1.82, 2.24) is 14.8 Å². The maximum atomic E-state index is 11.7. The number of carbonyl (C=O) groups excluding carboxylic acids is 2. The van der Waals surface area contributed by atoms with Crippen LogP contribution in [0.5, 0.6) is 0 Å². The largest absolute Gasteiger partial charge is 0.383 e. The minimum Gasteiger partial charge on any atom is -0.383 e. The number of benzene rings is 1. The highest BCUT2D eigenvalue weighted by Crippen LogP contribution is 2.53. The van der Waals surface area contributed by atoms with Crippen molar-refractivity contribution in [2.24, 2.45) is 22.4 Å². The molecule has 1 spiro atoms. The van der Waals surface area contributed by atoms with Gasteiger partial charge in [-0.15, -0.1) is 0 Å². The fourth-order valence-electron chi connectivity index (χ4n) is 5.98. The first kappa shape index (κ1) is 28.1. The van der Waals surface area contributed by atoms with Crippen molar-refractivity contribution in [3.05, 3.63) is 57.3 Å². The summed E-state index contributed by atoms with van der Waals surface area (Å²) >= 11 is 6.29. The summed E-state index contributed by atoms with van der Waals surface area (Å²) in [7, 11) is 7.73. The molecule has 36 heavy (non-hydrogen) atoms. The Balaban J connectivity index is 1.52. The van der Waals surface area contributed by atoms with Gasteiger partial charge in [0.15, 0.2) is 6.29 Å². The Labute approximate surface area is 221 Å². The Hall–Kier alpha value is -2.44. The predicted molar refractivity (Wildman–Crippen MR) is 149 cm³/mol. The Morgan fingerprint density at radius 2 is 1.89 bits per heavy atom. The van der Waals surface area contributed by atoms with Crippen LogP contribution in [0.15, 0.2) is 40.7 Å². The van der Waals surface area contributed by atoms with Gasteiger partial charge in [-0.3, -0.25) is 9.59 Å². The zero-order valence-corrected chi connectivity index (χ0v) is 23.4. The lowest BCUT2D eigenvalue weighted by molar-refractivity contribution is -0.104. The van der Waals surface area contributed by atoms with Gasteiger partial charge in [-0.05, 0) is 78.7 Å². The van der Waals surface area contributed by atoms with Crippen molar-refractivity contribution in [2.75, 3.05) is 47.8 Å². The van der Waals surface area contributed by atoms with Gasteiger partial charge in [0.1, 0.15) is 6.29 Å². The molecule has 0 N–H and O–H groups in total. The average molecular weight is 513 g/mol. The molecule has 1 aromatic rings. The lowest BCUT2D eigenvalue weighted by Crippen LogP contribution is -2.63. The van der Waals surface area contributed by atoms with Gasteiger partial charge in [0.25, 0.3) is 0 Å². The van der Waals surface area contributed by atoms with Crippen LogP contribution in [-0.2, 0) is 11.2 Å². The average Bonchev–Trinajstić information content (AvgIpc) is 2.74. The summed E-state index contributed by atoms with van der Waals surface area (Å²) in [5, 5.41) is 6.56. The summed E-state index contributed by atoms with van der Waals surface area (Å²) in [5.74, 6) is 1.11. The van der Waals surface area contributed by atoms with Crippen molar-refractivity contribution in [1.29, 1.82) is 0 Å². The van der Waals surface area contributed by atoms with Crippen LogP contribution < -0.4 is 0 Å². The van der Waals surface area contributed by atoms with Crippen LogP contribution in [0.3, 0.4) is 0 Å². The highest BCUT2D eigenvalue weighted by molar-refractivity contribution is 6.33. The zero-order chi connectivity index (χ0) is 26.5. The van der Waals surface area contributed by atoms with Crippen molar-refractivity contribution in [3.8, 4) is 0 Å². The van der Waals surface area contributed by atoms with E-state index in [2.05, 4.69) is 30.0 Å². The predicted octanol–water partition coefficient (Wildman–Crippen LogP) is 4.92. The Kier molecular flexibility index (Phi) is 9.53. The zero-order valence-electron chi connectivity index (χ0n) is 22.6. The number of halogens is 1. The molecule has 0 aromatic heterocycles. The number of likely N-dealkylation sites (tertiary alicyclic amines) is 1. The van der Waals surface area contributed by atoms with E-state index in [9.17, 15) is 9.59 Å². The number of carbonyl (C=O) groups is 2. The SMILES string of the molecule is CC(=C/N(C)C)/C(=C\C=O)CC(C)CN1CC2(CC(Cc3ccc(Cl)c(C=O)c3/C=N\N(C)C)C2)C1. The van der Waals surface area contributed by atoms with Gasteiger partial charge in [0.05, 0.1) is 11.2 Å². The summed E-state index contributed by atoms with van der Waals surface area (Å²) in [6.45, 7) is 7.72. The fraction of sp³-hybridized carbons (Fsp3) is 0.552. The Morgan fingerprint density at radius 1 is 1.19 bits per heavy atom. The third-order valence-corrected chi connectivity index (χ3v) is 7.63. The van der Waals surface area contributed by atoms with E-state index in [0.717, 1.165) is 67.3 Å². The van der Waals surface area contributed by atoms with Crippen LogP contribution in [0.2, 0.25) is 5.02 Å². The number of hydrogen-bond donors (Lipinski definition) is 0. The van der Waals surface area contributed by atoms with E-state index < -0.39 is 0 Å².